The lowest BCUT2D eigenvalue weighted by atomic mass is 10.2. The van der Waals surface area contributed by atoms with Crippen LogP contribution < -0.4 is 11.3 Å². The van der Waals surface area contributed by atoms with Gasteiger partial charge in [0.05, 0.1) is 5.25 Å². The number of benzene rings is 1. The second-order valence-corrected chi connectivity index (χ2v) is 5.35. The Labute approximate surface area is 111 Å². The lowest BCUT2D eigenvalue weighted by Gasteiger charge is -2.13. The number of carbonyl (C=O) groups is 1. The van der Waals surface area contributed by atoms with Crippen molar-refractivity contribution in [2.24, 2.45) is 5.84 Å². The fraction of sp³-hybridized carbons (Fsp3) is 0.417. The predicted octanol–water partition coefficient (Wildman–Crippen LogP) is 2.73. The van der Waals surface area contributed by atoms with E-state index < -0.39 is 0 Å². The molecule has 3 N–H and O–H groups in total. The molecule has 5 heteroatoms. The monoisotopic (exact) mass is 272 g/mol. The van der Waals surface area contributed by atoms with Crippen molar-refractivity contribution in [2.75, 3.05) is 0 Å². The summed E-state index contributed by atoms with van der Waals surface area (Å²) in [5.74, 6) is 5.84. The Bertz CT molecular complexity index is 356. The number of amides is 1. The highest BCUT2D eigenvalue weighted by molar-refractivity contribution is 7.99. The maximum Gasteiger partial charge on any atom is 0.246 e. The number of nitrogens with two attached hydrogens (primary N) is 1. The summed E-state index contributed by atoms with van der Waals surface area (Å²) in [5.41, 5.74) is 3.37. The number of carbonyl (C=O) groups excluding carboxylic acids is 1. The van der Waals surface area contributed by atoms with Crippen molar-refractivity contribution in [3.63, 3.8) is 0 Å². The summed E-state index contributed by atoms with van der Waals surface area (Å²) in [4.78, 5) is 11.5. The second-order valence-electron chi connectivity index (χ2n) is 3.72. The highest BCUT2D eigenvalue weighted by Crippen LogP contribution is 2.22. The molecule has 0 heterocycles. The lowest BCUT2D eigenvalue weighted by Crippen LogP contribution is -2.37. The van der Waals surface area contributed by atoms with Gasteiger partial charge in [0, 0.05) is 10.8 Å². The van der Waals surface area contributed by atoms with Crippen LogP contribution in [0.5, 0.6) is 0 Å². The summed E-state index contributed by atoms with van der Waals surface area (Å²) in [5, 5.41) is 0.643. The molecule has 0 aliphatic rings. The van der Waals surface area contributed by atoms with E-state index in [4.69, 9.17) is 17.4 Å². The molecule has 1 rings (SSSR count). The third-order valence-electron chi connectivity index (χ3n) is 2.35. The number of halogens is 1. The van der Waals surface area contributed by atoms with Gasteiger partial charge in [-0.1, -0.05) is 37.1 Å². The molecule has 0 aliphatic carbocycles. The summed E-state index contributed by atoms with van der Waals surface area (Å²) >= 11 is 7.41. The minimum atomic E-state index is -0.106. The minimum absolute atomic E-state index is 0.0827. The number of hydrogen-bond acceptors (Lipinski definition) is 3. The normalized spacial score (nSPS) is 12.2. The summed E-state index contributed by atoms with van der Waals surface area (Å²) in [6, 6.07) is 7.65. The van der Waals surface area contributed by atoms with Gasteiger partial charge in [0.15, 0.2) is 0 Å². The number of nitrogens with one attached hydrogen (secondary N) is 1. The Morgan fingerprint density at radius 1 is 1.47 bits per heavy atom. The van der Waals surface area contributed by atoms with Crippen LogP contribution in [0.4, 0.5) is 0 Å². The van der Waals surface area contributed by atoms with Crippen molar-refractivity contribution in [3.05, 3.63) is 34.9 Å². The van der Waals surface area contributed by atoms with Gasteiger partial charge in [-0.3, -0.25) is 10.2 Å². The van der Waals surface area contributed by atoms with Crippen molar-refractivity contribution >= 4 is 29.3 Å². The van der Waals surface area contributed by atoms with Crippen molar-refractivity contribution in [3.8, 4) is 0 Å². The van der Waals surface area contributed by atoms with Gasteiger partial charge in [-0.2, -0.15) is 0 Å². The summed E-state index contributed by atoms with van der Waals surface area (Å²) in [6.45, 7) is 2.06. The first-order valence-corrected chi connectivity index (χ1v) is 6.96. The highest BCUT2D eigenvalue weighted by Gasteiger charge is 2.16. The van der Waals surface area contributed by atoms with Crippen LogP contribution in [0.25, 0.3) is 0 Å². The predicted molar refractivity (Wildman–Crippen MR) is 73.8 cm³/mol. The van der Waals surface area contributed by atoms with Crippen LogP contribution in [-0.2, 0) is 10.5 Å². The summed E-state index contributed by atoms with van der Waals surface area (Å²) in [6.07, 6.45) is 1.80. The fourth-order valence-electron chi connectivity index (χ4n) is 1.42. The molecule has 0 fully saturated rings. The molecule has 0 saturated heterocycles. The van der Waals surface area contributed by atoms with Crippen LogP contribution in [0, 0.1) is 0 Å². The van der Waals surface area contributed by atoms with Gasteiger partial charge in [-0.15, -0.1) is 11.8 Å². The third-order valence-corrected chi connectivity index (χ3v) is 3.95. The Balaban J connectivity index is 2.51. The Hall–Kier alpha value is -0.710. The van der Waals surface area contributed by atoms with Crippen molar-refractivity contribution in [1.29, 1.82) is 0 Å². The molecule has 1 amide bonds. The standard InChI is InChI=1S/C12H17ClN2OS/c1-2-3-11(12(16)15-14)17-8-9-4-6-10(13)7-5-9/h4-7,11H,2-3,8,14H2,1H3,(H,15,16). The maximum absolute atomic E-state index is 11.5. The van der Waals surface area contributed by atoms with E-state index in [1.807, 2.05) is 24.3 Å². The molecule has 17 heavy (non-hydrogen) atoms. The van der Waals surface area contributed by atoms with Gasteiger partial charge < -0.3 is 0 Å². The van der Waals surface area contributed by atoms with Crippen molar-refractivity contribution < 1.29 is 4.79 Å². The van der Waals surface area contributed by atoms with Crippen molar-refractivity contribution in [1.82, 2.24) is 5.43 Å². The molecule has 0 spiro atoms. The summed E-state index contributed by atoms with van der Waals surface area (Å²) < 4.78 is 0. The second kappa shape index (κ2) is 7.58. The molecule has 0 saturated carbocycles. The molecule has 1 unspecified atom stereocenters. The van der Waals surface area contributed by atoms with Gasteiger partial charge in [-0.25, -0.2) is 5.84 Å². The van der Waals surface area contributed by atoms with Crippen LogP contribution in [0.15, 0.2) is 24.3 Å². The van der Waals surface area contributed by atoms with Gasteiger partial charge >= 0.3 is 0 Å². The van der Waals surface area contributed by atoms with E-state index in [0.717, 1.165) is 29.2 Å². The van der Waals surface area contributed by atoms with Crippen LogP contribution in [0.1, 0.15) is 25.3 Å². The Morgan fingerprint density at radius 2 is 2.12 bits per heavy atom. The lowest BCUT2D eigenvalue weighted by molar-refractivity contribution is -0.120. The number of hydrogen-bond donors (Lipinski definition) is 2. The van der Waals surface area contributed by atoms with E-state index in [1.54, 1.807) is 11.8 Å². The maximum atomic E-state index is 11.5. The average Bonchev–Trinajstić information content (AvgIpc) is 2.35. The zero-order valence-corrected chi connectivity index (χ0v) is 11.4. The minimum Gasteiger partial charge on any atom is -0.293 e. The van der Waals surface area contributed by atoms with Crippen LogP contribution in [-0.4, -0.2) is 11.2 Å². The topological polar surface area (TPSA) is 55.1 Å². The van der Waals surface area contributed by atoms with Gasteiger partial charge in [0.25, 0.3) is 0 Å². The van der Waals surface area contributed by atoms with E-state index in [0.29, 0.717) is 0 Å². The zero-order chi connectivity index (χ0) is 12.7. The van der Waals surface area contributed by atoms with Gasteiger partial charge in [0.2, 0.25) is 5.91 Å². The SMILES string of the molecule is CCCC(SCc1ccc(Cl)cc1)C(=O)NN. The van der Waals surface area contributed by atoms with Crippen molar-refractivity contribution in [2.45, 2.75) is 30.8 Å². The molecule has 3 nitrogen and oxygen atoms in total. The molecular weight excluding hydrogens is 256 g/mol. The van der Waals surface area contributed by atoms with E-state index in [9.17, 15) is 4.79 Å². The van der Waals surface area contributed by atoms with Crippen LogP contribution in [0.3, 0.4) is 0 Å². The Kier molecular flexibility index (Phi) is 6.40. The smallest absolute Gasteiger partial charge is 0.246 e. The number of hydrazine groups is 1. The molecule has 0 aliphatic heterocycles. The molecule has 1 atom stereocenters. The van der Waals surface area contributed by atoms with Crippen LogP contribution >= 0.6 is 23.4 Å². The third kappa shape index (κ3) is 4.98. The number of rotatable bonds is 6. The molecule has 0 bridgehead atoms. The Morgan fingerprint density at radius 3 is 2.65 bits per heavy atom. The largest absolute Gasteiger partial charge is 0.293 e. The van der Waals surface area contributed by atoms with E-state index >= 15 is 0 Å². The first-order chi connectivity index (χ1) is 8.17. The molecule has 94 valence electrons. The van der Waals surface area contributed by atoms with E-state index in [1.165, 1.54) is 0 Å². The van der Waals surface area contributed by atoms with E-state index in [2.05, 4.69) is 12.3 Å². The molecule has 0 aromatic heterocycles. The van der Waals surface area contributed by atoms with Gasteiger partial charge in [0.1, 0.15) is 0 Å². The molecule has 1 aromatic carbocycles. The van der Waals surface area contributed by atoms with E-state index in [-0.39, 0.29) is 11.2 Å². The first-order valence-electron chi connectivity index (χ1n) is 5.54. The quantitative estimate of drug-likeness (QED) is 0.476. The number of thioether (sulfide) groups is 1. The van der Waals surface area contributed by atoms with Gasteiger partial charge in [-0.05, 0) is 24.1 Å². The molecule has 1 aromatic rings. The highest BCUT2D eigenvalue weighted by atomic mass is 35.5. The fourth-order valence-corrected chi connectivity index (χ4v) is 2.76. The molecule has 0 radical (unpaired) electrons. The zero-order valence-electron chi connectivity index (χ0n) is 9.78. The first kappa shape index (κ1) is 14.4. The average molecular weight is 273 g/mol. The summed E-state index contributed by atoms with van der Waals surface area (Å²) in [7, 11) is 0. The molecular formula is C12H17ClN2OS. The van der Waals surface area contributed by atoms with Crippen LogP contribution in [0.2, 0.25) is 5.02 Å².